The van der Waals surface area contributed by atoms with Crippen LogP contribution in [0.3, 0.4) is 0 Å². The van der Waals surface area contributed by atoms with E-state index in [2.05, 4.69) is 55.9 Å². The third-order valence-corrected chi connectivity index (χ3v) is 7.50. The van der Waals surface area contributed by atoms with Gasteiger partial charge in [-0.3, -0.25) is 0 Å². The number of allylic oxidation sites excluding steroid dienone is 1. The number of fused-ring (bicyclic) bond motifs is 4. The molecule has 5 aromatic rings. The van der Waals surface area contributed by atoms with E-state index in [9.17, 15) is 5.11 Å². The Bertz CT molecular complexity index is 1470. The third kappa shape index (κ3) is 2.84. The normalized spacial score (nSPS) is 12.3. The first-order chi connectivity index (χ1) is 14.3. The summed E-state index contributed by atoms with van der Waals surface area (Å²) in [6.07, 6.45) is 1.64. The Balaban J connectivity index is 1.93. The summed E-state index contributed by atoms with van der Waals surface area (Å²) >= 11 is 3.41. The molecule has 3 aromatic heterocycles. The number of thiophene rings is 2. The smallest absolute Gasteiger partial charge is 0.128 e. The second-order valence-corrected chi connectivity index (χ2v) is 10.7. The van der Waals surface area contributed by atoms with Crippen molar-refractivity contribution >= 4 is 58.6 Å². The molecule has 1 N–H and O–H groups in total. The van der Waals surface area contributed by atoms with Gasteiger partial charge in [0.15, 0.2) is 0 Å². The van der Waals surface area contributed by atoms with Gasteiger partial charge in [0.1, 0.15) is 16.9 Å². The Labute approximate surface area is 183 Å². The van der Waals surface area contributed by atoms with Crippen molar-refractivity contribution in [3.05, 3.63) is 59.7 Å². The summed E-state index contributed by atoms with van der Waals surface area (Å²) in [6, 6.07) is 10.4. The molecule has 0 aliphatic carbocycles. The average Bonchev–Trinajstić information content (AvgIpc) is 3.29. The summed E-state index contributed by atoms with van der Waals surface area (Å²) in [5.41, 5.74) is 4.92. The largest absolute Gasteiger partial charge is 0.507 e. The number of rotatable bonds is 2. The van der Waals surface area contributed by atoms with Gasteiger partial charge in [0, 0.05) is 31.3 Å². The predicted molar refractivity (Wildman–Crippen MR) is 131 cm³/mol. The van der Waals surface area contributed by atoms with Crippen molar-refractivity contribution in [1.82, 2.24) is 9.97 Å². The molecule has 0 saturated heterocycles. The molecule has 0 bridgehead atoms. The molecule has 5 rings (SSSR count). The van der Waals surface area contributed by atoms with Gasteiger partial charge in [-0.05, 0) is 64.6 Å². The van der Waals surface area contributed by atoms with E-state index in [0.29, 0.717) is 0 Å². The molecule has 0 aliphatic heterocycles. The van der Waals surface area contributed by atoms with Crippen LogP contribution in [0.15, 0.2) is 48.6 Å². The Hall–Kier alpha value is -2.76. The molecule has 30 heavy (non-hydrogen) atoms. The third-order valence-electron chi connectivity index (χ3n) is 5.47. The van der Waals surface area contributed by atoms with Gasteiger partial charge in [-0.2, -0.15) is 0 Å². The van der Waals surface area contributed by atoms with E-state index in [-0.39, 0.29) is 11.2 Å². The maximum Gasteiger partial charge on any atom is 0.128 e. The number of nitrogens with zero attached hydrogens (tertiary/aromatic N) is 2. The lowest BCUT2D eigenvalue weighted by atomic mass is 9.84. The quantitative estimate of drug-likeness (QED) is 0.311. The molecule has 3 nitrogen and oxygen atoms in total. The van der Waals surface area contributed by atoms with Crippen LogP contribution in [-0.2, 0) is 5.41 Å². The summed E-state index contributed by atoms with van der Waals surface area (Å²) in [6.45, 7) is 12.8. The van der Waals surface area contributed by atoms with Crippen molar-refractivity contribution < 1.29 is 5.11 Å². The molecule has 0 fully saturated rings. The number of aromatic nitrogens is 2. The molecule has 2 aromatic carbocycles. The first kappa shape index (κ1) is 19.2. The lowest BCUT2D eigenvalue weighted by molar-refractivity contribution is 0.474. The predicted octanol–water partition coefficient (Wildman–Crippen LogP) is 7.76. The topological polar surface area (TPSA) is 46.0 Å². The minimum atomic E-state index is 0.0170. The van der Waals surface area contributed by atoms with Crippen LogP contribution in [0.4, 0.5) is 0 Å². The van der Waals surface area contributed by atoms with Crippen molar-refractivity contribution in [3.63, 3.8) is 0 Å². The number of benzene rings is 2. The lowest BCUT2D eigenvalue weighted by Gasteiger charge is -2.21. The molecule has 0 aliphatic rings. The summed E-state index contributed by atoms with van der Waals surface area (Å²) in [4.78, 5) is 10.2. The zero-order chi connectivity index (χ0) is 21.2. The van der Waals surface area contributed by atoms with Gasteiger partial charge in [-0.15, -0.1) is 22.7 Å². The first-order valence-corrected chi connectivity index (χ1v) is 11.5. The van der Waals surface area contributed by atoms with E-state index < -0.39 is 0 Å². The molecule has 0 spiro atoms. The number of phenols is 1. The molecular formula is C25H22N2OS2. The molecule has 0 atom stereocenters. The fourth-order valence-corrected chi connectivity index (χ4v) is 6.27. The van der Waals surface area contributed by atoms with Gasteiger partial charge in [0.2, 0.25) is 0 Å². The van der Waals surface area contributed by atoms with Crippen molar-refractivity contribution in [2.45, 2.75) is 33.1 Å². The van der Waals surface area contributed by atoms with Gasteiger partial charge < -0.3 is 5.11 Å². The monoisotopic (exact) mass is 430 g/mol. The summed E-state index contributed by atoms with van der Waals surface area (Å²) in [5, 5.41) is 15.9. The van der Waals surface area contributed by atoms with Gasteiger partial charge >= 0.3 is 0 Å². The van der Waals surface area contributed by atoms with Gasteiger partial charge in [0.25, 0.3) is 0 Å². The SMILES string of the molecule is C=C(C)c1c(O)ccc2sc3ncnc(-c4cc(C(C)(C)C)c5sccc5c4)c3c12. The molecule has 0 radical (unpaired) electrons. The molecular weight excluding hydrogens is 408 g/mol. The van der Waals surface area contributed by atoms with Crippen molar-refractivity contribution in [2.24, 2.45) is 0 Å². The second kappa shape index (κ2) is 6.62. The minimum Gasteiger partial charge on any atom is -0.507 e. The van der Waals surface area contributed by atoms with E-state index in [1.165, 1.54) is 15.6 Å². The zero-order valence-electron chi connectivity index (χ0n) is 17.4. The number of hydrogen-bond acceptors (Lipinski definition) is 5. The maximum absolute atomic E-state index is 10.6. The Morgan fingerprint density at radius 3 is 2.60 bits per heavy atom. The van der Waals surface area contributed by atoms with Crippen LogP contribution in [-0.4, -0.2) is 15.1 Å². The molecule has 0 amide bonds. The highest BCUT2D eigenvalue weighted by Gasteiger charge is 2.22. The van der Waals surface area contributed by atoms with E-state index in [0.717, 1.165) is 42.7 Å². The highest BCUT2D eigenvalue weighted by atomic mass is 32.1. The molecule has 0 saturated carbocycles. The number of phenolic OH excluding ortho intramolecular Hbond substituents is 1. The molecule has 0 unspecified atom stereocenters. The van der Waals surface area contributed by atoms with Gasteiger partial charge in [0.05, 0.1) is 5.69 Å². The molecule has 150 valence electrons. The van der Waals surface area contributed by atoms with E-state index in [4.69, 9.17) is 4.98 Å². The maximum atomic E-state index is 10.6. The Morgan fingerprint density at radius 1 is 1.07 bits per heavy atom. The fourth-order valence-electron chi connectivity index (χ4n) is 4.11. The Kier molecular flexibility index (Phi) is 4.24. The summed E-state index contributed by atoms with van der Waals surface area (Å²) in [5.74, 6) is 0.244. The van der Waals surface area contributed by atoms with Crippen LogP contribution in [0, 0.1) is 0 Å². The van der Waals surface area contributed by atoms with Gasteiger partial charge in [-0.1, -0.05) is 27.4 Å². The second-order valence-electron chi connectivity index (χ2n) is 8.73. The first-order valence-electron chi connectivity index (χ1n) is 9.83. The number of aromatic hydroxyl groups is 1. The highest BCUT2D eigenvalue weighted by molar-refractivity contribution is 7.25. The zero-order valence-corrected chi connectivity index (χ0v) is 19.0. The highest BCUT2D eigenvalue weighted by Crippen LogP contribution is 2.45. The van der Waals surface area contributed by atoms with E-state index in [1.807, 2.05) is 13.0 Å². The van der Waals surface area contributed by atoms with Crippen molar-refractivity contribution in [3.8, 4) is 17.0 Å². The van der Waals surface area contributed by atoms with E-state index in [1.54, 1.807) is 35.1 Å². The minimum absolute atomic E-state index is 0.0170. The van der Waals surface area contributed by atoms with Crippen LogP contribution >= 0.6 is 22.7 Å². The van der Waals surface area contributed by atoms with Crippen molar-refractivity contribution in [1.29, 1.82) is 0 Å². The lowest BCUT2D eigenvalue weighted by Crippen LogP contribution is -2.11. The number of hydrogen-bond donors (Lipinski definition) is 1. The fraction of sp³-hybridized carbons (Fsp3) is 0.200. The summed E-state index contributed by atoms with van der Waals surface area (Å²) < 4.78 is 2.40. The van der Waals surface area contributed by atoms with Crippen LogP contribution in [0.1, 0.15) is 38.8 Å². The van der Waals surface area contributed by atoms with Gasteiger partial charge in [-0.25, -0.2) is 9.97 Å². The van der Waals surface area contributed by atoms with Crippen LogP contribution in [0.5, 0.6) is 5.75 Å². The summed E-state index contributed by atoms with van der Waals surface area (Å²) in [7, 11) is 0. The Morgan fingerprint density at radius 2 is 1.87 bits per heavy atom. The van der Waals surface area contributed by atoms with E-state index >= 15 is 0 Å². The standard InChI is InChI=1S/C25H22N2OS2/c1-13(2)19-17(28)6-7-18-20(19)21-22(26-12-27-24(21)30-18)15-10-14-8-9-29-23(14)16(11-15)25(3,4)5/h6-12,28H,1H2,2-5H3. The van der Waals surface area contributed by atoms with Crippen LogP contribution < -0.4 is 0 Å². The van der Waals surface area contributed by atoms with Crippen LogP contribution in [0.2, 0.25) is 0 Å². The van der Waals surface area contributed by atoms with Crippen LogP contribution in [0.25, 0.3) is 47.2 Å². The van der Waals surface area contributed by atoms with Crippen molar-refractivity contribution in [2.75, 3.05) is 0 Å². The molecule has 3 heterocycles. The average molecular weight is 431 g/mol. The molecule has 5 heteroatoms.